The van der Waals surface area contributed by atoms with Crippen LogP contribution in [-0.2, 0) is 13.1 Å². The molecule has 1 radical (unpaired) electrons. The van der Waals surface area contributed by atoms with Crippen molar-refractivity contribution in [3.8, 4) is 0 Å². The number of aliphatic hydroxyl groups excluding tert-OH is 4. The number of aliphatic hydroxyl groups is 4. The van der Waals surface area contributed by atoms with Gasteiger partial charge in [0.15, 0.2) is 5.52 Å². The number of rotatable bonds is 7. The minimum absolute atomic E-state index is 0.0901. The number of H-pyrrole nitrogens is 2. The van der Waals surface area contributed by atoms with Gasteiger partial charge in [0.05, 0.1) is 13.2 Å². The van der Waals surface area contributed by atoms with Crippen molar-refractivity contribution in [1.82, 2.24) is 19.1 Å². The molecule has 2 heterocycles. The Balaban J connectivity index is 2.58. The van der Waals surface area contributed by atoms with Crippen molar-refractivity contribution in [2.75, 3.05) is 6.61 Å². The molecule has 0 saturated heterocycles. The number of imidazole rings is 1. The zero-order chi connectivity index (χ0) is 18.0. The highest BCUT2D eigenvalue weighted by Gasteiger charge is 2.27. The molecule has 0 bridgehead atoms. The Labute approximate surface area is 134 Å². The Morgan fingerprint density at radius 2 is 1.71 bits per heavy atom. The average Bonchev–Trinajstić information content (AvgIpc) is 2.79. The van der Waals surface area contributed by atoms with Gasteiger partial charge in [0, 0.05) is 6.54 Å². The van der Waals surface area contributed by atoms with Crippen LogP contribution in [0.25, 0.3) is 11.2 Å². The highest BCUT2D eigenvalue weighted by molar-refractivity contribution is 5.69. The number of nitrogens with zero attached hydrogens (tertiary/aromatic N) is 2. The van der Waals surface area contributed by atoms with E-state index < -0.39 is 48.4 Å². The lowest BCUT2D eigenvalue weighted by Gasteiger charge is -2.21. The first-order valence-corrected chi connectivity index (χ1v) is 7.21. The summed E-state index contributed by atoms with van der Waals surface area (Å²) >= 11 is 0. The summed E-state index contributed by atoms with van der Waals surface area (Å²) < 4.78 is 2.01. The summed E-state index contributed by atoms with van der Waals surface area (Å²) in [5.74, 6) is 0. The van der Waals surface area contributed by atoms with Crippen LogP contribution in [-0.4, -0.2) is 64.4 Å². The van der Waals surface area contributed by atoms with Crippen LogP contribution in [0.2, 0.25) is 0 Å². The van der Waals surface area contributed by atoms with Crippen LogP contribution in [0.4, 0.5) is 0 Å². The molecule has 0 fully saturated rings. The van der Waals surface area contributed by atoms with Gasteiger partial charge in [-0.2, -0.15) is 0 Å². The SMILES string of the molecule is [CH2]CCn1c(=O)n(C[C@@H](O)[C@@H](O)[C@H](O)CO)c2[nH]c(=O)[nH]c(=O)c21. The molecule has 0 unspecified atom stereocenters. The van der Waals surface area contributed by atoms with Crippen molar-refractivity contribution < 1.29 is 20.4 Å². The Hall–Kier alpha value is -2.21. The fourth-order valence-corrected chi connectivity index (χ4v) is 2.44. The van der Waals surface area contributed by atoms with Gasteiger partial charge in [-0.15, -0.1) is 0 Å². The van der Waals surface area contributed by atoms with Crippen LogP contribution in [0.3, 0.4) is 0 Å². The molecule has 0 aromatic carbocycles. The molecule has 2 rings (SSSR count). The number of aromatic amines is 2. The number of aryl methyl sites for hydroxylation is 1. The van der Waals surface area contributed by atoms with Crippen molar-refractivity contribution in [2.24, 2.45) is 0 Å². The van der Waals surface area contributed by atoms with Gasteiger partial charge in [-0.3, -0.25) is 23.9 Å². The third-order valence-corrected chi connectivity index (χ3v) is 3.63. The maximum atomic E-state index is 12.5. The number of hydrogen-bond acceptors (Lipinski definition) is 7. The standard InChI is InChI=1S/C13H19N4O7/c1-2-3-16-8-10(14-12(23)15-11(8)22)17(13(16)24)4-6(19)9(21)7(20)5-18/h6-7,9,18-21H,1-5H2,(H2,14,15,22,23)/t6-,7-,9-/m1/s1. The number of aromatic nitrogens is 4. The fraction of sp³-hybridized carbons (Fsp3) is 0.538. The molecule has 0 spiro atoms. The van der Waals surface area contributed by atoms with E-state index in [9.17, 15) is 29.7 Å². The molecule has 0 aliphatic rings. The Morgan fingerprint density at radius 1 is 1.04 bits per heavy atom. The summed E-state index contributed by atoms with van der Waals surface area (Å²) in [5, 5.41) is 37.8. The van der Waals surface area contributed by atoms with E-state index in [-0.39, 0.29) is 17.7 Å². The maximum Gasteiger partial charge on any atom is 0.330 e. The molecule has 0 aliphatic heterocycles. The van der Waals surface area contributed by atoms with Gasteiger partial charge in [-0.25, -0.2) is 9.59 Å². The van der Waals surface area contributed by atoms with E-state index in [4.69, 9.17) is 5.11 Å². The van der Waals surface area contributed by atoms with Crippen molar-refractivity contribution in [2.45, 2.75) is 37.8 Å². The molecule has 0 amide bonds. The summed E-state index contributed by atoms with van der Waals surface area (Å²) in [4.78, 5) is 40.2. The fourth-order valence-electron chi connectivity index (χ4n) is 2.44. The molecule has 11 nitrogen and oxygen atoms in total. The van der Waals surface area contributed by atoms with E-state index in [1.165, 1.54) is 0 Å². The summed E-state index contributed by atoms with van der Waals surface area (Å²) in [6.07, 6.45) is -4.65. The lowest BCUT2D eigenvalue weighted by atomic mass is 10.1. The Bertz CT molecular complexity index is 877. The van der Waals surface area contributed by atoms with Crippen molar-refractivity contribution in [3.05, 3.63) is 38.2 Å². The average molecular weight is 343 g/mol. The smallest absolute Gasteiger partial charge is 0.330 e. The predicted octanol–water partition coefficient (Wildman–Crippen LogP) is -3.52. The Kier molecular flexibility index (Phi) is 5.39. The first-order valence-electron chi connectivity index (χ1n) is 7.21. The molecule has 2 aromatic heterocycles. The van der Waals surface area contributed by atoms with Crippen LogP contribution in [0.5, 0.6) is 0 Å². The third kappa shape index (κ3) is 3.19. The van der Waals surface area contributed by atoms with E-state index >= 15 is 0 Å². The lowest BCUT2D eigenvalue weighted by molar-refractivity contribution is -0.0806. The normalized spacial score (nSPS) is 15.5. The quantitative estimate of drug-likeness (QED) is 0.302. The molecule has 3 atom stereocenters. The molecular formula is C13H19N4O7. The monoisotopic (exact) mass is 343 g/mol. The molecular weight excluding hydrogens is 324 g/mol. The number of fused-ring (bicyclic) bond motifs is 1. The molecule has 11 heteroatoms. The molecule has 24 heavy (non-hydrogen) atoms. The third-order valence-electron chi connectivity index (χ3n) is 3.63. The first kappa shape index (κ1) is 18.1. The minimum atomic E-state index is -1.72. The largest absolute Gasteiger partial charge is 0.394 e. The first-order chi connectivity index (χ1) is 11.3. The van der Waals surface area contributed by atoms with E-state index in [1.54, 1.807) is 0 Å². The zero-order valence-electron chi connectivity index (χ0n) is 12.7. The van der Waals surface area contributed by atoms with Crippen LogP contribution in [0.1, 0.15) is 6.42 Å². The lowest BCUT2D eigenvalue weighted by Crippen LogP contribution is -2.43. The van der Waals surface area contributed by atoms with Crippen LogP contribution >= 0.6 is 0 Å². The van der Waals surface area contributed by atoms with Gasteiger partial charge >= 0.3 is 11.4 Å². The zero-order valence-corrected chi connectivity index (χ0v) is 12.7. The minimum Gasteiger partial charge on any atom is -0.394 e. The highest BCUT2D eigenvalue weighted by Crippen LogP contribution is 2.08. The van der Waals surface area contributed by atoms with E-state index in [0.717, 1.165) is 9.13 Å². The summed E-state index contributed by atoms with van der Waals surface area (Å²) in [6.45, 7) is 2.42. The van der Waals surface area contributed by atoms with Crippen LogP contribution in [0, 0.1) is 6.92 Å². The Morgan fingerprint density at radius 3 is 2.29 bits per heavy atom. The topological polar surface area (TPSA) is 174 Å². The van der Waals surface area contributed by atoms with E-state index in [2.05, 4.69) is 11.9 Å². The second kappa shape index (κ2) is 7.13. The molecule has 6 N–H and O–H groups in total. The van der Waals surface area contributed by atoms with Gasteiger partial charge in [0.1, 0.15) is 24.0 Å². The van der Waals surface area contributed by atoms with Gasteiger partial charge in [-0.05, 0) is 6.42 Å². The van der Waals surface area contributed by atoms with Crippen molar-refractivity contribution in [1.29, 1.82) is 0 Å². The van der Waals surface area contributed by atoms with Crippen LogP contribution < -0.4 is 16.9 Å². The molecule has 0 aliphatic carbocycles. The highest BCUT2D eigenvalue weighted by atomic mass is 16.4. The van der Waals surface area contributed by atoms with Crippen molar-refractivity contribution in [3.63, 3.8) is 0 Å². The van der Waals surface area contributed by atoms with Gasteiger partial charge in [0.25, 0.3) is 5.56 Å². The maximum absolute atomic E-state index is 12.5. The van der Waals surface area contributed by atoms with E-state index in [1.807, 2.05) is 4.98 Å². The van der Waals surface area contributed by atoms with Crippen molar-refractivity contribution >= 4 is 11.2 Å². The summed E-state index contributed by atoms with van der Waals surface area (Å²) in [7, 11) is 0. The molecule has 0 saturated carbocycles. The number of hydrogen-bond donors (Lipinski definition) is 6. The molecule has 2 aromatic rings. The van der Waals surface area contributed by atoms with Gasteiger partial charge < -0.3 is 20.4 Å². The molecule has 133 valence electrons. The van der Waals surface area contributed by atoms with Crippen LogP contribution in [0.15, 0.2) is 14.4 Å². The van der Waals surface area contributed by atoms with Gasteiger partial charge in [-0.1, -0.05) is 6.92 Å². The summed E-state index contributed by atoms with van der Waals surface area (Å²) in [6, 6.07) is 0. The van der Waals surface area contributed by atoms with Gasteiger partial charge in [0.2, 0.25) is 0 Å². The second-order valence-corrected chi connectivity index (χ2v) is 5.31. The number of nitrogens with one attached hydrogen (secondary N) is 2. The second-order valence-electron chi connectivity index (χ2n) is 5.31. The van der Waals surface area contributed by atoms with E-state index in [0.29, 0.717) is 6.42 Å². The summed E-state index contributed by atoms with van der Waals surface area (Å²) in [5.41, 5.74) is -2.51. The predicted molar refractivity (Wildman–Crippen MR) is 82.5 cm³/mol.